The lowest BCUT2D eigenvalue weighted by Gasteiger charge is -2.47. The van der Waals surface area contributed by atoms with Gasteiger partial charge in [-0.05, 0) is 37.3 Å². The molecule has 0 spiro atoms. The molecule has 1 saturated carbocycles. The summed E-state index contributed by atoms with van der Waals surface area (Å²) in [6, 6.07) is 12.8. The van der Waals surface area contributed by atoms with Gasteiger partial charge >= 0.3 is 0 Å². The Labute approximate surface area is 123 Å². The van der Waals surface area contributed by atoms with Gasteiger partial charge in [-0.2, -0.15) is 0 Å². The zero-order chi connectivity index (χ0) is 13.8. The van der Waals surface area contributed by atoms with Gasteiger partial charge in [-0.3, -0.25) is 4.90 Å². The summed E-state index contributed by atoms with van der Waals surface area (Å²) in [5.41, 5.74) is 1.56. The number of hydrogen-bond donors (Lipinski definition) is 1. The zero-order valence-corrected chi connectivity index (χ0v) is 12.7. The first-order valence-electron chi connectivity index (χ1n) is 8.41. The van der Waals surface area contributed by atoms with Crippen LogP contribution in [0, 0.1) is 0 Å². The van der Waals surface area contributed by atoms with E-state index < -0.39 is 0 Å². The molecule has 20 heavy (non-hydrogen) atoms. The van der Waals surface area contributed by atoms with Gasteiger partial charge in [0.05, 0.1) is 0 Å². The van der Waals surface area contributed by atoms with Gasteiger partial charge in [0.15, 0.2) is 0 Å². The molecule has 2 nitrogen and oxygen atoms in total. The van der Waals surface area contributed by atoms with E-state index in [0.717, 1.165) is 18.0 Å². The minimum absolute atomic E-state index is 0.747. The Kier molecular flexibility index (Phi) is 4.74. The molecule has 2 unspecified atom stereocenters. The summed E-state index contributed by atoms with van der Waals surface area (Å²) in [7, 11) is 0. The molecule has 1 N–H and O–H groups in total. The Morgan fingerprint density at radius 3 is 2.50 bits per heavy atom. The minimum Gasteiger partial charge on any atom is -0.314 e. The predicted molar refractivity (Wildman–Crippen MR) is 85.1 cm³/mol. The molecule has 1 aliphatic heterocycles. The highest BCUT2D eigenvalue weighted by Gasteiger charge is 2.36. The highest BCUT2D eigenvalue weighted by Crippen LogP contribution is 2.37. The van der Waals surface area contributed by atoms with Crippen LogP contribution in [0.25, 0.3) is 0 Å². The molecule has 1 aromatic carbocycles. The molecule has 1 heterocycles. The molecule has 110 valence electrons. The second-order valence-corrected chi connectivity index (χ2v) is 6.42. The molecule has 2 aliphatic rings. The highest BCUT2D eigenvalue weighted by molar-refractivity contribution is 5.22. The number of nitrogens with one attached hydrogen (secondary N) is 1. The smallest absolute Gasteiger partial charge is 0.0348 e. The van der Waals surface area contributed by atoms with Gasteiger partial charge in [-0.1, -0.05) is 50.1 Å². The van der Waals surface area contributed by atoms with Crippen LogP contribution in [0.2, 0.25) is 0 Å². The fourth-order valence-corrected chi connectivity index (χ4v) is 3.98. The van der Waals surface area contributed by atoms with Crippen LogP contribution in [-0.4, -0.2) is 36.6 Å². The fraction of sp³-hybridized carbons (Fsp3) is 0.667. The maximum Gasteiger partial charge on any atom is 0.0348 e. The number of nitrogens with zero attached hydrogens (tertiary/aromatic N) is 1. The molecule has 0 radical (unpaired) electrons. The van der Waals surface area contributed by atoms with Gasteiger partial charge in [-0.25, -0.2) is 0 Å². The van der Waals surface area contributed by atoms with E-state index in [0.29, 0.717) is 0 Å². The van der Waals surface area contributed by atoms with Crippen molar-refractivity contribution in [3.8, 4) is 0 Å². The fourth-order valence-electron chi connectivity index (χ4n) is 3.98. The molecule has 2 heteroatoms. The number of rotatable bonds is 5. The van der Waals surface area contributed by atoms with Crippen molar-refractivity contribution >= 4 is 0 Å². The van der Waals surface area contributed by atoms with Crippen molar-refractivity contribution in [2.24, 2.45) is 0 Å². The summed E-state index contributed by atoms with van der Waals surface area (Å²) in [5.74, 6) is 0.747. The molecule has 2 atom stereocenters. The average molecular weight is 272 g/mol. The van der Waals surface area contributed by atoms with Crippen LogP contribution in [0.4, 0.5) is 0 Å². The van der Waals surface area contributed by atoms with Gasteiger partial charge in [0.25, 0.3) is 0 Å². The Hall–Kier alpha value is -0.860. The van der Waals surface area contributed by atoms with Crippen molar-refractivity contribution in [1.82, 2.24) is 10.2 Å². The Balaban J connectivity index is 1.79. The molecule has 3 rings (SSSR count). The Morgan fingerprint density at radius 2 is 1.85 bits per heavy atom. The Morgan fingerprint density at radius 1 is 1.10 bits per heavy atom. The number of hydrogen-bond acceptors (Lipinski definition) is 2. The molecule has 1 aliphatic carbocycles. The van der Waals surface area contributed by atoms with Crippen LogP contribution in [0.15, 0.2) is 30.3 Å². The van der Waals surface area contributed by atoms with Crippen molar-refractivity contribution in [3.63, 3.8) is 0 Å². The molecular formula is C18H28N2. The predicted octanol–water partition coefficient (Wildman–Crippen LogP) is 3.40. The summed E-state index contributed by atoms with van der Waals surface area (Å²) in [5, 5.41) is 3.45. The molecular weight excluding hydrogens is 244 g/mol. The van der Waals surface area contributed by atoms with E-state index in [2.05, 4.69) is 47.5 Å². The van der Waals surface area contributed by atoms with E-state index >= 15 is 0 Å². The highest BCUT2D eigenvalue weighted by atomic mass is 15.3. The lowest BCUT2D eigenvalue weighted by molar-refractivity contribution is 0.0607. The average Bonchev–Trinajstić information content (AvgIpc) is 2.46. The van der Waals surface area contributed by atoms with Crippen molar-refractivity contribution in [3.05, 3.63) is 35.9 Å². The molecule has 2 fully saturated rings. The lowest BCUT2D eigenvalue weighted by Crippen LogP contribution is -2.61. The summed E-state index contributed by atoms with van der Waals surface area (Å²) in [6.45, 7) is 5.97. The second-order valence-electron chi connectivity index (χ2n) is 6.42. The van der Waals surface area contributed by atoms with Gasteiger partial charge < -0.3 is 5.32 Å². The third kappa shape index (κ3) is 2.91. The van der Waals surface area contributed by atoms with Crippen LogP contribution in [0.1, 0.15) is 50.5 Å². The molecule has 0 bridgehead atoms. The van der Waals surface area contributed by atoms with Crippen LogP contribution in [0.3, 0.4) is 0 Å². The maximum absolute atomic E-state index is 3.45. The van der Waals surface area contributed by atoms with Crippen molar-refractivity contribution < 1.29 is 0 Å². The standard InChI is InChI=1S/C18H28N2/c1-2-12-20(16-13-19-14-16)18-11-7-6-10-17(18)15-8-4-3-5-9-15/h3-5,8-9,16-19H,2,6-7,10-14H2,1H3. The SMILES string of the molecule is CCCN(C1CNC1)C1CCCCC1c1ccccc1. The van der Waals surface area contributed by atoms with E-state index in [-0.39, 0.29) is 0 Å². The summed E-state index contributed by atoms with van der Waals surface area (Å²) in [4.78, 5) is 2.83. The van der Waals surface area contributed by atoms with Crippen molar-refractivity contribution in [2.45, 2.75) is 57.0 Å². The Bertz CT molecular complexity index is 399. The third-order valence-corrected chi connectivity index (χ3v) is 5.09. The van der Waals surface area contributed by atoms with Gasteiger partial charge in [-0.15, -0.1) is 0 Å². The minimum atomic E-state index is 0.747. The summed E-state index contributed by atoms with van der Waals surface area (Å²) < 4.78 is 0. The second kappa shape index (κ2) is 6.73. The van der Waals surface area contributed by atoms with Crippen LogP contribution in [-0.2, 0) is 0 Å². The van der Waals surface area contributed by atoms with Crippen molar-refractivity contribution in [2.75, 3.05) is 19.6 Å². The van der Waals surface area contributed by atoms with E-state index in [1.807, 2.05) is 0 Å². The molecule has 1 saturated heterocycles. The third-order valence-electron chi connectivity index (χ3n) is 5.09. The van der Waals surface area contributed by atoms with E-state index in [4.69, 9.17) is 0 Å². The number of benzene rings is 1. The van der Waals surface area contributed by atoms with E-state index in [1.165, 1.54) is 51.7 Å². The first-order chi connectivity index (χ1) is 9.90. The quantitative estimate of drug-likeness (QED) is 0.884. The van der Waals surface area contributed by atoms with Crippen LogP contribution >= 0.6 is 0 Å². The molecule has 0 aromatic heterocycles. The topological polar surface area (TPSA) is 15.3 Å². The van der Waals surface area contributed by atoms with Gasteiger partial charge in [0.1, 0.15) is 0 Å². The largest absolute Gasteiger partial charge is 0.314 e. The van der Waals surface area contributed by atoms with Crippen molar-refractivity contribution in [1.29, 1.82) is 0 Å². The van der Waals surface area contributed by atoms with Crippen LogP contribution in [0.5, 0.6) is 0 Å². The van der Waals surface area contributed by atoms with Crippen LogP contribution < -0.4 is 5.32 Å². The maximum atomic E-state index is 3.45. The summed E-state index contributed by atoms with van der Waals surface area (Å²) >= 11 is 0. The first-order valence-corrected chi connectivity index (χ1v) is 8.41. The van der Waals surface area contributed by atoms with E-state index in [1.54, 1.807) is 5.56 Å². The monoisotopic (exact) mass is 272 g/mol. The van der Waals surface area contributed by atoms with E-state index in [9.17, 15) is 0 Å². The molecule has 1 aromatic rings. The normalized spacial score (nSPS) is 27.5. The molecule has 0 amide bonds. The first kappa shape index (κ1) is 14.1. The van der Waals surface area contributed by atoms with Gasteiger partial charge in [0, 0.05) is 25.2 Å². The van der Waals surface area contributed by atoms with Gasteiger partial charge in [0.2, 0.25) is 0 Å². The summed E-state index contributed by atoms with van der Waals surface area (Å²) in [6.07, 6.45) is 6.84. The zero-order valence-electron chi connectivity index (χ0n) is 12.7. The lowest BCUT2D eigenvalue weighted by atomic mass is 9.78.